The zero-order chi connectivity index (χ0) is 14.3. The van der Waals surface area contributed by atoms with Crippen LogP contribution in [0.25, 0.3) is 11.3 Å². The van der Waals surface area contributed by atoms with Gasteiger partial charge < -0.3 is 0 Å². The summed E-state index contributed by atoms with van der Waals surface area (Å²) in [4.78, 5) is 0. The van der Waals surface area contributed by atoms with E-state index in [1.807, 2.05) is 18.2 Å². The van der Waals surface area contributed by atoms with E-state index in [1.54, 1.807) is 0 Å². The number of ether oxygens (including phenoxy) is 2. The number of rotatable bonds is 3. The Bertz CT molecular complexity index is 637. The molecule has 0 saturated heterocycles. The second-order valence-electron chi connectivity index (χ2n) is 5.56. The van der Waals surface area contributed by atoms with Gasteiger partial charge in [-0.2, -0.15) is 0 Å². The van der Waals surface area contributed by atoms with Crippen LogP contribution < -0.4 is 9.47 Å². The zero-order valence-corrected chi connectivity index (χ0v) is 13.8. The van der Waals surface area contributed by atoms with Crippen molar-refractivity contribution in [2.45, 2.75) is 45.8 Å². The van der Waals surface area contributed by atoms with Crippen LogP contribution in [0.2, 0.25) is 0 Å². The number of nitrogens with zero attached hydrogens (tertiary/aromatic N) is 2. The molecule has 1 aliphatic rings. The van der Waals surface area contributed by atoms with Gasteiger partial charge in [0.1, 0.15) is 0 Å². The van der Waals surface area contributed by atoms with Gasteiger partial charge in [-0.15, -0.1) is 0 Å². The van der Waals surface area contributed by atoms with E-state index in [0.717, 1.165) is 29.2 Å². The molecule has 3 rings (SSSR count). The molecule has 0 aliphatic carbocycles. The molecule has 20 heavy (non-hydrogen) atoms. The molecule has 0 spiro atoms. The first kappa shape index (κ1) is 13.7. The summed E-state index contributed by atoms with van der Waals surface area (Å²) in [6, 6.07) is 5.98. The average Bonchev–Trinajstić information content (AvgIpc) is 2.88. The van der Waals surface area contributed by atoms with E-state index in [2.05, 4.69) is 36.9 Å². The number of benzene rings is 1. The number of hydrogen-bond donors (Lipinski definition) is 0. The van der Waals surface area contributed by atoms with Crippen LogP contribution in [-0.4, -0.2) is 30.0 Å². The van der Waals surface area contributed by atoms with Gasteiger partial charge >= 0.3 is 125 Å². The Morgan fingerprint density at radius 2 is 2.20 bits per heavy atom. The summed E-state index contributed by atoms with van der Waals surface area (Å²) in [5, 5.41) is 4.31. The fraction of sp³-hybridized carbons (Fsp3) is 0.467. The quantitative estimate of drug-likeness (QED) is 0.808. The monoisotopic (exact) mass is 338 g/mol. The standard InChI is InChI=1S/C15H18N2O2Se/c1-5-9(2)18-10-6-7-11-12(8-10)19-15(3,4)14-13(11)16-17-20-14/h6-9H,5H2,1-4H3. The van der Waals surface area contributed by atoms with E-state index in [9.17, 15) is 0 Å². The van der Waals surface area contributed by atoms with Gasteiger partial charge in [0.2, 0.25) is 0 Å². The molecule has 0 fully saturated rings. The van der Waals surface area contributed by atoms with E-state index in [4.69, 9.17) is 9.47 Å². The number of fused-ring (bicyclic) bond motifs is 3. The summed E-state index contributed by atoms with van der Waals surface area (Å²) in [6.07, 6.45) is 1.18. The molecule has 2 heterocycles. The summed E-state index contributed by atoms with van der Waals surface area (Å²) in [5.74, 6) is 1.68. The molecule has 2 aromatic rings. The molecule has 0 saturated carbocycles. The van der Waals surface area contributed by atoms with Crippen LogP contribution in [0, 0.1) is 0 Å². The molecule has 0 bridgehead atoms. The van der Waals surface area contributed by atoms with Crippen LogP contribution in [0.3, 0.4) is 0 Å². The first-order valence-corrected chi connectivity index (χ1v) is 8.46. The SMILES string of the molecule is CCC(C)Oc1ccc2c(c1)OC(C)(C)c1[se]nnc1-2. The molecule has 1 atom stereocenters. The summed E-state index contributed by atoms with van der Waals surface area (Å²) in [7, 11) is 0. The Morgan fingerprint density at radius 1 is 1.40 bits per heavy atom. The maximum absolute atomic E-state index is 6.15. The van der Waals surface area contributed by atoms with Crippen LogP contribution in [-0.2, 0) is 5.60 Å². The van der Waals surface area contributed by atoms with Gasteiger partial charge in [-0.25, -0.2) is 0 Å². The predicted molar refractivity (Wildman–Crippen MR) is 78.4 cm³/mol. The van der Waals surface area contributed by atoms with Crippen molar-refractivity contribution in [1.29, 1.82) is 0 Å². The third-order valence-electron chi connectivity index (χ3n) is 3.52. The molecule has 4 nitrogen and oxygen atoms in total. The van der Waals surface area contributed by atoms with Crippen molar-refractivity contribution in [3.05, 3.63) is 22.6 Å². The average molecular weight is 337 g/mol. The summed E-state index contributed by atoms with van der Waals surface area (Å²) in [5.41, 5.74) is 1.69. The van der Waals surface area contributed by atoms with E-state index >= 15 is 0 Å². The molecule has 5 heteroatoms. The maximum atomic E-state index is 6.15. The molecule has 0 N–H and O–H groups in total. The second-order valence-corrected chi connectivity index (χ2v) is 7.14. The van der Waals surface area contributed by atoms with Gasteiger partial charge in [0.25, 0.3) is 0 Å². The minimum absolute atomic E-state index is 0.0580. The van der Waals surface area contributed by atoms with E-state index in [1.165, 1.54) is 4.44 Å². The minimum atomic E-state index is -0.333. The topological polar surface area (TPSA) is 44.2 Å². The van der Waals surface area contributed by atoms with E-state index in [-0.39, 0.29) is 26.4 Å². The molecule has 0 amide bonds. The van der Waals surface area contributed by atoms with Gasteiger partial charge in [0.05, 0.1) is 0 Å². The molecular formula is C15H18N2O2Se. The first-order chi connectivity index (χ1) is 9.51. The van der Waals surface area contributed by atoms with E-state index in [0.29, 0.717) is 0 Å². The van der Waals surface area contributed by atoms with Gasteiger partial charge in [0, 0.05) is 0 Å². The predicted octanol–water partition coefficient (Wildman–Crippen LogP) is 3.01. The molecule has 1 unspecified atom stereocenters. The van der Waals surface area contributed by atoms with Crippen molar-refractivity contribution < 1.29 is 9.47 Å². The molecule has 0 radical (unpaired) electrons. The normalized spacial score (nSPS) is 16.8. The van der Waals surface area contributed by atoms with Crippen molar-refractivity contribution in [2.75, 3.05) is 0 Å². The van der Waals surface area contributed by atoms with Gasteiger partial charge in [0.15, 0.2) is 0 Å². The second kappa shape index (κ2) is 4.90. The van der Waals surface area contributed by atoms with Gasteiger partial charge in [-0.3, -0.25) is 0 Å². The molecule has 106 valence electrons. The van der Waals surface area contributed by atoms with Crippen molar-refractivity contribution in [1.82, 2.24) is 9.19 Å². The third-order valence-corrected chi connectivity index (χ3v) is 5.68. The molecular weight excluding hydrogens is 319 g/mol. The summed E-state index contributed by atoms with van der Waals surface area (Å²) in [6.45, 7) is 8.33. The van der Waals surface area contributed by atoms with E-state index < -0.39 is 0 Å². The van der Waals surface area contributed by atoms with Crippen LogP contribution >= 0.6 is 0 Å². The van der Waals surface area contributed by atoms with Crippen molar-refractivity contribution in [2.24, 2.45) is 0 Å². The molecule has 1 aliphatic heterocycles. The zero-order valence-electron chi connectivity index (χ0n) is 12.1. The Hall–Kier alpha value is -1.32. The summed E-state index contributed by atoms with van der Waals surface area (Å²) >= 11 is 0.0580. The Balaban J connectivity index is 2.02. The van der Waals surface area contributed by atoms with Crippen LogP contribution in [0.15, 0.2) is 18.2 Å². The van der Waals surface area contributed by atoms with Gasteiger partial charge in [-0.05, 0) is 0 Å². The molecule has 1 aromatic carbocycles. The fourth-order valence-electron chi connectivity index (χ4n) is 2.25. The third kappa shape index (κ3) is 2.25. The van der Waals surface area contributed by atoms with Crippen molar-refractivity contribution >= 4 is 14.7 Å². The van der Waals surface area contributed by atoms with Gasteiger partial charge in [-0.1, -0.05) is 0 Å². The first-order valence-electron chi connectivity index (χ1n) is 6.84. The van der Waals surface area contributed by atoms with Crippen LogP contribution in [0.5, 0.6) is 11.5 Å². The Labute approximate surface area is 125 Å². The van der Waals surface area contributed by atoms with Crippen molar-refractivity contribution in [3.63, 3.8) is 0 Å². The van der Waals surface area contributed by atoms with Crippen LogP contribution in [0.1, 0.15) is 38.6 Å². The number of hydrogen-bond acceptors (Lipinski definition) is 4. The molecule has 1 aromatic heterocycles. The Morgan fingerprint density at radius 3 is 2.95 bits per heavy atom. The van der Waals surface area contributed by atoms with Crippen LogP contribution in [0.4, 0.5) is 0 Å². The fourth-order valence-corrected chi connectivity index (χ4v) is 3.73. The summed E-state index contributed by atoms with van der Waals surface area (Å²) < 4.78 is 17.4. The number of aromatic nitrogens is 2. The van der Waals surface area contributed by atoms with Crippen molar-refractivity contribution in [3.8, 4) is 22.8 Å². The Kier molecular flexibility index (Phi) is 3.35.